The third-order valence-electron chi connectivity index (χ3n) is 6.17. The summed E-state index contributed by atoms with van der Waals surface area (Å²) in [6.07, 6.45) is -2.59. The molecule has 0 aromatic heterocycles. The fourth-order valence-electron chi connectivity index (χ4n) is 4.59. The highest BCUT2D eigenvalue weighted by Crippen LogP contribution is 2.53. The zero-order valence-corrected chi connectivity index (χ0v) is 25.9. The highest BCUT2D eigenvalue weighted by atomic mass is 32.4. The van der Waals surface area contributed by atoms with Crippen LogP contribution in [0.2, 0.25) is 0 Å². The Bertz CT molecular complexity index is 1040. The molecule has 1 atom stereocenters. The van der Waals surface area contributed by atoms with Crippen molar-refractivity contribution in [3.63, 3.8) is 0 Å². The lowest BCUT2D eigenvalue weighted by Gasteiger charge is -2.37. The van der Waals surface area contributed by atoms with E-state index in [9.17, 15) is 0 Å². The summed E-state index contributed by atoms with van der Waals surface area (Å²) in [7, 11) is 0. The van der Waals surface area contributed by atoms with E-state index in [0.717, 1.165) is 11.0 Å². The number of aryl methyl sites for hydroxylation is 3. The normalized spacial score (nSPS) is 14.9. The van der Waals surface area contributed by atoms with E-state index in [1.165, 1.54) is 33.4 Å². The summed E-state index contributed by atoms with van der Waals surface area (Å²) >= 11 is 6.49. The number of nitrogens with one attached hydrogen (secondary N) is 1. The van der Waals surface area contributed by atoms with Crippen molar-refractivity contribution in [2.75, 3.05) is 5.09 Å². The first kappa shape index (κ1) is 29.1. The molecule has 2 aromatic rings. The average molecular weight is 502 g/mol. The van der Waals surface area contributed by atoms with Gasteiger partial charge in [0.25, 0.3) is 0 Å². The fraction of sp³-hybridized carbons (Fsp3) is 0.600. The average Bonchev–Trinajstić information content (AvgIpc) is 2.56. The molecule has 0 spiro atoms. The predicted octanol–water partition coefficient (Wildman–Crippen LogP) is 8.98. The molecule has 0 radical (unpaired) electrons. The van der Waals surface area contributed by atoms with Crippen LogP contribution in [0.5, 0.6) is 0 Å². The second-order valence-corrected chi connectivity index (χ2v) is 16.8. The third-order valence-corrected chi connectivity index (χ3v) is 9.78. The van der Waals surface area contributed by atoms with Gasteiger partial charge in [-0.2, -0.15) is 0 Å². The van der Waals surface area contributed by atoms with Crippen LogP contribution in [0.25, 0.3) is 0 Å². The molecule has 0 saturated heterocycles. The first-order valence-corrected chi connectivity index (χ1v) is 15.2. The first-order valence-electron chi connectivity index (χ1n) is 12.5. The van der Waals surface area contributed by atoms with Gasteiger partial charge in [0.1, 0.15) is 0 Å². The van der Waals surface area contributed by atoms with E-state index in [0.29, 0.717) is 0 Å². The second kappa shape index (κ2) is 9.72. The molecule has 2 nitrogen and oxygen atoms in total. The Kier molecular flexibility index (Phi) is 8.31. The molecule has 2 aromatic carbocycles. The number of hydrogen-bond donors (Lipinski definition) is 1. The molecule has 0 fully saturated rings. The maximum atomic E-state index is 6.68. The van der Waals surface area contributed by atoms with Gasteiger partial charge < -0.3 is 9.61 Å². The molecule has 0 aliphatic carbocycles. The number of rotatable bonds is 5. The van der Waals surface area contributed by atoms with Crippen molar-refractivity contribution in [1.29, 1.82) is 0 Å². The summed E-state index contributed by atoms with van der Waals surface area (Å²) in [5.41, 5.74) is 8.71. The summed E-state index contributed by atoms with van der Waals surface area (Å²) in [5.74, 6) is 0. The van der Waals surface area contributed by atoms with Gasteiger partial charge >= 0.3 is 0 Å². The molecule has 0 amide bonds. The largest absolute Gasteiger partial charge is 0.333 e. The Morgan fingerprint density at radius 1 is 0.735 bits per heavy atom. The summed E-state index contributed by atoms with van der Waals surface area (Å²) in [6, 6.07) is 9.24. The van der Waals surface area contributed by atoms with Crippen LogP contribution in [0.15, 0.2) is 24.3 Å². The smallest absolute Gasteiger partial charge is 0.184 e. The molecule has 0 aliphatic heterocycles. The molecular formula is C30H48NOPS. The Hall–Kier alpha value is -1.15. The highest BCUT2D eigenvalue weighted by molar-refractivity contribution is 8.16. The van der Waals surface area contributed by atoms with Crippen molar-refractivity contribution >= 4 is 29.2 Å². The van der Waals surface area contributed by atoms with E-state index < -0.39 is 6.42 Å². The molecule has 190 valence electrons. The zero-order chi connectivity index (χ0) is 26.4. The molecule has 0 unspecified atom stereocenters. The van der Waals surface area contributed by atoms with Crippen LogP contribution in [0.3, 0.4) is 0 Å². The van der Waals surface area contributed by atoms with Crippen LogP contribution in [0.4, 0.5) is 5.69 Å². The van der Waals surface area contributed by atoms with Crippen molar-refractivity contribution in [2.24, 2.45) is 0 Å². The van der Waals surface area contributed by atoms with Crippen molar-refractivity contribution in [2.45, 2.75) is 119 Å². The molecule has 34 heavy (non-hydrogen) atoms. The summed E-state index contributed by atoms with van der Waals surface area (Å²) < 4.78 is 6.68. The summed E-state index contributed by atoms with van der Waals surface area (Å²) in [5, 5.41) is 5.09. The standard InChI is InChI=1S/C30H48NOPS/c1-19(2)32-33(34,27-21(4)15-20(3)16-22(27)5)31-26-24(29(9,10)11)17-23(28(6,7)8)18-25(26)30(12,13)14/h15-19H,1-14H3,(H,31,34)/t33-/m0/s1. The Labute approximate surface area is 215 Å². The molecule has 1 N–H and O–H groups in total. The number of anilines is 1. The van der Waals surface area contributed by atoms with Crippen LogP contribution >= 0.6 is 6.42 Å². The molecule has 4 heteroatoms. The van der Waals surface area contributed by atoms with Gasteiger partial charge in [-0.05, 0) is 90.5 Å². The van der Waals surface area contributed by atoms with Crippen LogP contribution in [0, 0.1) is 20.8 Å². The minimum Gasteiger partial charge on any atom is -0.333 e. The fourth-order valence-corrected chi connectivity index (χ4v) is 8.71. The third kappa shape index (κ3) is 6.54. The summed E-state index contributed by atoms with van der Waals surface area (Å²) in [4.78, 5) is 0. The van der Waals surface area contributed by atoms with Crippen LogP contribution < -0.4 is 10.4 Å². The van der Waals surface area contributed by atoms with Gasteiger partial charge in [0, 0.05) is 11.0 Å². The Morgan fingerprint density at radius 3 is 1.47 bits per heavy atom. The van der Waals surface area contributed by atoms with Gasteiger partial charge in [-0.3, -0.25) is 0 Å². The maximum absolute atomic E-state index is 6.68. The van der Waals surface area contributed by atoms with Gasteiger partial charge in [0.15, 0.2) is 6.42 Å². The number of benzene rings is 2. The minimum atomic E-state index is -2.61. The lowest BCUT2D eigenvalue weighted by molar-refractivity contribution is 0.274. The van der Waals surface area contributed by atoms with Gasteiger partial charge in [0.05, 0.1) is 6.10 Å². The highest BCUT2D eigenvalue weighted by Gasteiger charge is 2.34. The maximum Gasteiger partial charge on any atom is 0.184 e. The zero-order valence-electron chi connectivity index (χ0n) is 24.2. The van der Waals surface area contributed by atoms with Crippen LogP contribution in [-0.4, -0.2) is 6.10 Å². The van der Waals surface area contributed by atoms with Gasteiger partial charge in [-0.1, -0.05) is 92.1 Å². The SMILES string of the molecule is Cc1cc(C)c([P@](=S)(Nc2c(C(C)(C)C)cc(C(C)(C)C)cc2C(C)(C)C)OC(C)C)c(C)c1. The van der Waals surface area contributed by atoms with E-state index in [-0.39, 0.29) is 22.3 Å². The molecule has 2 rings (SSSR count). The van der Waals surface area contributed by atoms with Gasteiger partial charge in [0.2, 0.25) is 0 Å². The lowest BCUT2D eigenvalue weighted by atomic mass is 9.74. The summed E-state index contributed by atoms with van der Waals surface area (Å²) in [6.45, 7) is 31.3. The Morgan fingerprint density at radius 2 is 1.15 bits per heavy atom. The first-order chi connectivity index (χ1) is 15.2. The van der Waals surface area contributed by atoms with Crippen molar-refractivity contribution < 1.29 is 4.52 Å². The predicted molar refractivity (Wildman–Crippen MR) is 157 cm³/mol. The van der Waals surface area contributed by atoms with Crippen LogP contribution in [0.1, 0.15) is 110 Å². The number of hydrogen-bond acceptors (Lipinski definition) is 2. The molecule has 0 bridgehead atoms. The quantitative estimate of drug-likeness (QED) is 0.413. The molecule has 0 heterocycles. The van der Waals surface area contributed by atoms with Gasteiger partial charge in [-0.25, -0.2) is 0 Å². The topological polar surface area (TPSA) is 21.3 Å². The van der Waals surface area contributed by atoms with E-state index in [1.54, 1.807) is 0 Å². The Balaban J connectivity index is 2.96. The molecule has 0 saturated carbocycles. The van der Waals surface area contributed by atoms with E-state index in [2.05, 4.69) is 126 Å². The van der Waals surface area contributed by atoms with Crippen molar-refractivity contribution in [1.82, 2.24) is 0 Å². The lowest BCUT2D eigenvalue weighted by Crippen LogP contribution is -2.27. The van der Waals surface area contributed by atoms with E-state index in [4.69, 9.17) is 16.3 Å². The van der Waals surface area contributed by atoms with Crippen molar-refractivity contribution in [3.8, 4) is 0 Å². The molecular weight excluding hydrogens is 453 g/mol. The van der Waals surface area contributed by atoms with E-state index in [1.807, 2.05) is 0 Å². The monoisotopic (exact) mass is 501 g/mol. The van der Waals surface area contributed by atoms with Crippen molar-refractivity contribution in [3.05, 3.63) is 57.6 Å². The van der Waals surface area contributed by atoms with E-state index >= 15 is 0 Å². The van der Waals surface area contributed by atoms with Crippen LogP contribution in [-0.2, 0) is 32.6 Å². The van der Waals surface area contributed by atoms with Gasteiger partial charge in [-0.15, -0.1) is 0 Å². The second-order valence-electron chi connectivity index (χ2n) is 13.3. The molecule has 0 aliphatic rings. The minimum absolute atomic E-state index is 0.0171.